The number of amides is 1. The number of benzene rings is 2. The molecule has 0 aliphatic carbocycles. The summed E-state index contributed by atoms with van der Waals surface area (Å²) in [6.07, 6.45) is 12.7. The van der Waals surface area contributed by atoms with Gasteiger partial charge in [-0.1, -0.05) is 43.9 Å². The number of thiazole rings is 2. The van der Waals surface area contributed by atoms with Gasteiger partial charge in [-0.15, -0.1) is 0 Å². The molecule has 2 aromatic carbocycles. The molecule has 2 saturated heterocycles. The number of rotatable bonds is 14. The monoisotopic (exact) mass is 1230 g/mol. The van der Waals surface area contributed by atoms with Gasteiger partial charge in [-0.2, -0.15) is 10.5 Å². The number of nitrogens with zero attached hydrogens (tertiary/aromatic N) is 15. The number of carboxylic acid groups (broad SMARTS) is 1. The zero-order chi connectivity index (χ0) is 62.6. The van der Waals surface area contributed by atoms with Crippen LogP contribution in [-0.4, -0.2) is 140 Å². The Kier molecular flexibility index (Phi) is 20.9. The summed E-state index contributed by atoms with van der Waals surface area (Å²) in [6.45, 7) is 6.72. The molecule has 4 N–H and O–H groups in total. The molecule has 0 bridgehead atoms. The molecule has 26 heteroatoms. The van der Waals surface area contributed by atoms with E-state index in [2.05, 4.69) is 37.4 Å². The molecule has 12 rings (SSSR count). The Labute approximate surface area is 514 Å². The molecule has 0 spiro atoms. The molecule has 0 unspecified atom stereocenters. The van der Waals surface area contributed by atoms with E-state index in [0.29, 0.717) is 80.7 Å². The normalized spacial score (nSPS) is 14.3. The summed E-state index contributed by atoms with van der Waals surface area (Å²) in [7, 11) is 2.76. The Morgan fingerprint density at radius 2 is 1.10 bits per heavy atom. The van der Waals surface area contributed by atoms with Crippen LogP contribution in [0.4, 0.5) is 35.1 Å². The van der Waals surface area contributed by atoms with Gasteiger partial charge in [0.1, 0.15) is 85.9 Å². The van der Waals surface area contributed by atoms with Crippen LogP contribution >= 0.6 is 22.7 Å². The summed E-state index contributed by atoms with van der Waals surface area (Å²) in [4.78, 5) is 66.0. The number of nitrogens with one attached hydrogen (secondary N) is 1. The van der Waals surface area contributed by atoms with E-state index in [0.717, 1.165) is 76.1 Å². The molecule has 2 aliphatic heterocycles. The standard InChI is InChI=1S/C30H27FN8O2S.C26H20FN7O2S.C4H9NO.CH3F.CH4/c1-3-23-29(37(2)30-36-28(24(13-32)42-30)18-4-7-21(31)8-5-18)39-16-19(6-9-26(39)35-23)20-14-33-25(34-15-20)12-27(41)38-11-10-22(40)17-38;1-3-19-25(33(2)26-32-24(20(11-28)37-26)15-4-7-18(27)8-5-15)34-14-16(6-9-22(34)31-19)17-12-29-21(30-13-17)10-23(35)36;6-4-1-2-5-3-4;1-2;/h4-9,14-16,22,40H,3,10-12,17H2,1-2H3;4-9,12-14H,3,10H2,1-2H3,(H,35,36);4-6H,1-3H2;1H3;1H4/t22-;;4-;;/m0.0../s1/i;;;1D;. The summed E-state index contributed by atoms with van der Waals surface area (Å²) >= 11 is 2.51. The molecule has 10 heterocycles. The van der Waals surface area contributed by atoms with E-state index in [-0.39, 0.29) is 49.7 Å². The Morgan fingerprint density at radius 3 is 1.45 bits per heavy atom. The molecular formula is C62H63F3N16O5S2. The number of aliphatic carboxylic acids is 1. The van der Waals surface area contributed by atoms with Crippen LogP contribution in [-0.2, 0) is 35.3 Å². The van der Waals surface area contributed by atoms with Crippen molar-refractivity contribution in [2.45, 2.75) is 72.0 Å². The maximum atomic E-state index is 13.5. The van der Waals surface area contributed by atoms with Gasteiger partial charge in [0.15, 0.2) is 10.3 Å². The van der Waals surface area contributed by atoms with Gasteiger partial charge < -0.3 is 35.3 Å². The van der Waals surface area contributed by atoms with Crippen LogP contribution in [0.25, 0.3) is 56.1 Å². The van der Waals surface area contributed by atoms with Crippen LogP contribution in [0, 0.1) is 34.3 Å². The van der Waals surface area contributed by atoms with E-state index in [1.54, 1.807) is 54.0 Å². The lowest BCUT2D eigenvalue weighted by atomic mass is 10.1. The number of fused-ring (bicyclic) bond motifs is 2. The minimum atomic E-state index is -1.00. The molecule has 8 aromatic heterocycles. The smallest absolute Gasteiger partial charge is 0.311 e. The van der Waals surface area contributed by atoms with Crippen LogP contribution in [0.5, 0.6) is 0 Å². The number of aryl methyl sites for hydroxylation is 2. The van der Waals surface area contributed by atoms with E-state index in [9.17, 15) is 38.4 Å². The second-order valence-electron chi connectivity index (χ2n) is 19.9. The molecule has 10 aromatic rings. The highest BCUT2D eigenvalue weighted by molar-refractivity contribution is 7.17. The largest absolute Gasteiger partial charge is 0.481 e. The average molecular weight is 1230 g/mol. The third-order valence-corrected chi connectivity index (χ3v) is 16.2. The third kappa shape index (κ3) is 14.6. The van der Waals surface area contributed by atoms with Gasteiger partial charge in [-0.3, -0.25) is 22.8 Å². The van der Waals surface area contributed by atoms with Crippen molar-refractivity contribution in [1.82, 2.24) is 58.9 Å². The SMILES string of the molecule is C.CCc1nc2ccc(-c3cnc(CC(=O)N4CC[C@H](O)C4)nc3)cn2c1N(C)c1nc(-c2ccc(F)cc2)c(C#N)s1.CCc1nc2ccc(-c3cnc(CC(=O)O)nc3)cn2c1N(C)c1nc(-c2ccc(F)cc2)c(C#N)s1.O[C@H]1CCNC1.[2H]CF. The van der Waals surface area contributed by atoms with Crippen molar-refractivity contribution in [2.24, 2.45) is 0 Å². The number of β-amino-alcohol motifs (C(OH)–C–C–N with tert-alkyl or cyclic N) is 2. The number of hydrogen-bond donors (Lipinski definition) is 4. The van der Waals surface area contributed by atoms with Gasteiger partial charge in [0.05, 0.1) is 38.5 Å². The zero-order valence-corrected chi connectivity index (χ0v) is 49.3. The van der Waals surface area contributed by atoms with E-state index < -0.39 is 19.2 Å². The van der Waals surface area contributed by atoms with Crippen molar-refractivity contribution in [1.29, 1.82) is 10.5 Å². The van der Waals surface area contributed by atoms with E-state index in [1.165, 1.54) is 46.9 Å². The van der Waals surface area contributed by atoms with E-state index in [1.807, 2.05) is 83.2 Å². The maximum absolute atomic E-state index is 13.5. The number of nitriles is 2. The number of alkyl halides is 1. The molecule has 2 atom stereocenters. The number of aromatic nitrogens is 10. The predicted octanol–water partition coefficient (Wildman–Crippen LogP) is 9.84. The van der Waals surface area contributed by atoms with E-state index >= 15 is 0 Å². The van der Waals surface area contributed by atoms with Gasteiger partial charge in [0, 0.05) is 104 Å². The fraction of sp³-hybridized carbons (Fsp3) is 0.290. The van der Waals surface area contributed by atoms with Crippen molar-refractivity contribution >= 4 is 67.7 Å². The van der Waals surface area contributed by atoms with Crippen LogP contribution in [0.1, 0.15) is 68.3 Å². The summed E-state index contributed by atoms with van der Waals surface area (Å²) in [5, 5.41) is 51.1. The quantitative estimate of drug-likeness (QED) is 0.0788. The zero-order valence-electron chi connectivity index (χ0n) is 48.6. The van der Waals surface area contributed by atoms with E-state index in [4.69, 9.17) is 31.5 Å². The summed E-state index contributed by atoms with van der Waals surface area (Å²) in [6, 6.07) is 24.0. The lowest BCUT2D eigenvalue weighted by Gasteiger charge is -2.17. The molecule has 0 saturated carbocycles. The lowest BCUT2D eigenvalue weighted by molar-refractivity contribution is -0.136. The Hall–Kier alpha value is -9.57. The molecule has 454 valence electrons. The van der Waals surface area contributed by atoms with Gasteiger partial charge in [-0.05, 0) is 105 Å². The van der Waals surface area contributed by atoms with Crippen molar-refractivity contribution < 1.29 is 39.5 Å². The van der Waals surface area contributed by atoms with Crippen molar-refractivity contribution in [3.63, 3.8) is 0 Å². The summed E-state index contributed by atoms with van der Waals surface area (Å²) in [5.74, 6) is 0.487. The van der Waals surface area contributed by atoms with Gasteiger partial charge in [-0.25, -0.2) is 48.7 Å². The highest BCUT2D eigenvalue weighted by Gasteiger charge is 2.27. The first-order chi connectivity index (χ1) is 42.5. The second-order valence-corrected chi connectivity index (χ2v) is 21.9. The highest BCUT2D eigenvalue weighted by Crippen LogP contribution is 2.39. The number of carbonyl (C=O) groups is 2. The van der Waals surface area contributed by atoms with Crippen LogP contribution < -0.4 is 15.1 Å². The van der Waals surface area contributed by atoms with Crippen molar-refractivity contribution in [2.75, 3.05) is 57.2 Å². The number of carboxylic acids is 1. The first-order valence-electron chi connectivity index (χ1n) is 28.1. The molecule has 2 aliphatic rings. The minimum Gasteiger partial charge on any atom is -0.481 e. The fourth-order valence-electron chi connectivity index (χ4n) is 9.71. The number of halogens is 3. The molecule has 1 amide bonds. The third-order valence-electron chi connectivity index (χ3n) is 14.1. The second kappa shape index (κ2) is 29.2. The van der Waals surface area contributed by atoms with Crippen molar-refractivity contribution in [3.8, 4) is 56.9 Å². The Balaban J connectivity index is 0.000000201. The van der Waals surface area contributed by atoms with Crippen LogP contribution in [0.3, 0.4) is 0 Å². The number of imidazole rings is 2. The number of pyridine rings is 2. The molecule has 2 fully saturated rings. The van der Waals surface area contributed by atoms with Crippen molar-refractivity contribution in [3.05, 3.63) is 154 Å². The topological polar surface area (TPSA) is 276 Å². The fourth-order valence-corrected chi connectivity index (χ4v) is 11.4. The average Bonchev–Trinajstić information content (AvgIpc) is 1.69. The predicted molar refractivity (Wildman–Crippen MR) is 331 cm³/mol. The lowest BCUT2D eigenvalue weighted by Crippen LogP contribution is -2.31. The molecule has 21 nitrogen and oxygen atoms in total. The summed E-state index contributed by atoms with van der Waals surface area (Å²) < 4.78 is 46.4. The maximum Gasteiger partial charge on any atom is 0.311 e. The number of likely N-dealkylation sites (tertiary alicyclic amines) is 1. The molecular weight excluding hydrogens is 1170 g/mol. The number of hydrogen-bond acceptors (Lipinski definition) is 19. The first kappa shape index (κ1) is 62.9. The van der Waals surface area contributed by atoms with Crippen LogP contribution in [0.15, 0.2) is 110 Å². The molecule has 0 radical (unpaired) electrons. The number of carbonyl (C=O) groups excluding carboxylic acids is 1. The number of anilines is 4. The highest BCUT2D eigenvalue weighted by atomic mass is 32.1. The number of aliphatic hydroxyl groups is 2. The van der Waals surface area contributed by atoms with Gasteiger partial charge in [0.2, 0.25) is 5.91 Å². The number of aliphatic hydroxyl groups excluding tert-OH is 2. The van der Waals surface area contributed by atoms with Gasteiger partial charge >= 0.3 is 5.97 Å². The Morgan fingerprint density at radius 1 is 0.670 bits per heavy atom. The summed E-state index contributed by atoms with van der Waals surface area (Å²) in [5.41, 5.74) is 8.75. The minimum absolute atomic E-state index is 0. The first-order valence-corrected chi connectivity index (χ1v) is 29.0. The van der Waals surface area contributed by atoms with Gasteiger partial charge in [0.25, 0.3) is 0 Å². The van der Waals surface area contributed by atoms with Crippen LogP contribution in [0.2, 0.25) is 0 Å². The molecule has 88 heavy (non-hydrogen) atoms. The Bertz CT molecular complexity index is 4150.